The monoisotopic (exact) mass is 371 g/mol. The van der Waals surface area contributed by atoms with E-state index in [1.54, 1.807) is 6.33 Å². The molecule has 2 aliphatic rings. The quantitative estimate of drug-likeness (QED) is 0.672. The number of aromatic amines is 1. The number of aliphatic hydroxyl groups excluding tert-OH is 1. The van der Waals surface area contributed by atoms with Crippen LogP contribution in [0.3, 0.4) is 0 Å². The Kier molecular flexibility index (Phi) is 5.27. The molecule has 0 spiro atoms. The number of rotatable bonds is 7. The minimum Gasteiger partial charge on any atom is -0.391 e. The molecular formula is C19H29N7O. The average Bonchev–Trinajstić information content (AvgIpc) is 3.29. The van der Waals surface area contributed by atoms with Crippen LogP contribution in [0.4, 0.5) is 11.6 Å². The molecule has 1 aliphatic heterocycles. The summed E-state index contributed by atoms with van der Waals surface area (Å²) < 4.78 is 0. The van der Waals surface area contributed by atoms with Gasteiger partial charge in [-0.25, -0.2) is 15.0 Å². The molecule has 0 unspecified atom stereocenters. The molecule has 2 atom stereocenters. The summed E-state index contributed by atoms with van der Waals surface area (Å²) in [5, 5.41) is 13.9. The smallest absolute Gasteiger partial charge is 0.134 e. The topological polar surface area (TPSA) is 93.2 Å². The lowest BCUT2D eigenvalue weighted by atomic mass is 9.79. The second kappa shape index (κ2) is 7.82. The van der Waals surface area contributed by atoms with Gasteiger partial charge in [-0.3, -0.25) is 0 Å². The summed E-state index contributed by atoms with van der Waals surface area (Å²) in [5.74, 6) is 3.44. The Hall–Kier alpha value is -2.19. The zero-order valence-corrected chi connectivity index (χ0v) is 16.0. The number of nitrogens with one attached hydrogen (secondary N) is 2. The first-order valence-corrected chi connectivity index (χ1v) is 9.84. The van der Waals surface area contributed by atoms with Crippen LogP contribution in [0.1, 0.15) is 37.9 Å². The van der Waals surface area contributed by atoms with Crippen LogP contribution in [0.25, 0.3) is 0 Å². The van der Waals surface area contributed by atoms with Crippen molar-refractivity contribution in [2.45, 2.75) is 50.3 Å². The normalized spacial score (nSPS) is 27.6. The lowest BCUT2D eigenvalue weighted by molar-refractivity contribution is 0.192. The van der Waals surface area contributed by atoms with Gasteiger partial charge in [-0.2, -0.15) is 0 Å². The van der Waals surface area contributed by atoms with E-state index in [1.165, 1.54) is 0 Å². The predicted molar refractivity (Wildman–Crippen MR) is 105 cm³/mol. The van der Waals surface area contributed by atoms with Gasteiger partial charge in [-0.1, -0.05) is 0 Å². The highest BCUT2D eigenvalue weighted by atomic mass is 16.3. The predicted octanol–water partition coefficient (Wildman–Crippen LogP) is 1.13. The number of H-pyrrole nitrogens is 1. The van der Waals surface area contributed by atoms with E-state index >= 15 is 0 Å². The fraction of sp³-hybridized carbons (Fsp3) is 0.632. The van der Waals surface area contributed by atoms with Crippen LogP contribution in [0.15, 0.2) is 24.8 Å². The largest absolute Gasteiger partial charge is 0.391 e. The van der Waals surface area contributed by atoms with Crippen molar-refractivity contribution in [3.8, 4) is 0 Å². The van der Waals surface area contributed by atoms with Crippen LogP contribution in [-0.4, -0.2) is 69.9 Å². The van der Waals surface area contributed by atoms with Crippen molar-refractivity contribution in [1.29, 1.82) is 0 Å². The molecule has 27 heavy (non-hydrogen) atoms. The van der Waals surface area contributed by atoms with Gasteiger partial charge >= 0.3 is 0 Å². The van der Waals surface area contributed by atoms with E-state index in [9.17, 15) is 5.11 Å². The van der Waals surface area contributed by atoms with Gasteiger partial charge in [-0.15, -0.1) is 0 Å². The summed E-state index contributed by atoms with van der Waals surface area (Å²) in [7, 11) is 2.02. The summed E-state index contributed by atoms with van der Waals surface area (Å²) in [6, 6.07) is 2.79. The van der Waals surface area contributed by atoms with Crippen LogP contribution in [-0.2, 0) is 0 Å². The number of nitrogens with zero attached hydrogens (tertiary/aromatic N) is 5. The molecule has 1 aliphatic carbocycles. The fourth-order valence-electron chi connectivity index (χ4n) is 4.04. The second-order valence-electron chi connectivity index (χ2n) is 7.69. The Balaban J connectivity index is 1.35. The van der Waals surface area contributed by atoms with E-state index in [2.05, 4.69) is 42.0 Å². The molecule has 3 heterocycles. The van der Waals surface area contributed by atoms with Gasteiger partial charge in [0.2, 0.25) is 0 Å². The van der Waals surface area contributed by atoms with E-state index in [0.717, 1.165) is 49.8 Å². The maximum atomic E-state index is 10.2. The molecule has 146 valence electrons. The minimum absolute atomic E-state index is 0.248. The number of hydrogen-bond acceptors (Lipinski definition) is 7. The molecule has 0 radical (unpaired) electrons. The zero-order chi connectivity index (χ0) is 18.8. The van der Waals surface area contributed by atoms with Gasteiger partial charge in [0.05, 0.1) is 6.10 Å². The van der Waals surface area contributed by atoms with Gasteiger partial charge in [0.25, 0.3) is 0 Å². The number of hydrogen-bond donors (Lipinski definition) is 3. The van der Waals surface area contributed by atoms with Crippen molar-refractivity contribution in [3.63, 3.8) is 0 Å². The summed E-state index contributed by atoms with van der Waals surface area (Å²) >= 11 is 0. The highest BCUT2D eigenvalue weighted by Gasteiger charge is 2.35. The number of β-amino-alcohol motifs (C(OH)–C–C–N with tert-alkyl or cyclic N) is 1. The molecule has 2 aromatic rings. The van der Waals surface area contributed by atoms with Gasteiger partial charge in [0.15, 0.2) is 0 Å². The van der Waals surface area contributed by atoms with Crippen molar-refractivity contribution in [1.82, 2.24) is 25.3 Å². The van der Waals surface area contributed by atoms with Crippen molar-refractivity contribution in [2.75, 3.05) is 36.5 Å². The molecule has 0 bridgehead atoms. The van der Waals surface area contributed by atoms with Crippen LogP contribution in [0, 0.1) is 0 Å². The average molecular weight is 371 g/mol. The van der Waals surface area contributed by atoms with Gasteiger partial charge in [0.1, 0.15) is 23.8 Å². The van der Waals surface area contributed by atoms with E-state index in [0.29, 0.717) is 18.5 Å². The molecule has 3 N–H and O–H groups in total. The SMILES string of the molecule is CCN(C)c1cc(N2C[C@H](O)C[C@@H]2CNC2CC(c3ncc[nH]3)C2)ncn1. The zero-order valence-electron chi connectivity index (χ0n) is 16.0. The molecule has 2 aromatic heterocycles. The van der Waals surface area contributed by atoms with E-state index < -0.39 is 0 Å². The first kappa shape index (κ1) is 18.2. The third-order valence-electron chi connectivity index (χ3n) is 5.88. The maximum absolute atomic E-state index is 10.2. The first-order chi connectivity index (χ1) is 13.1. The van der Waals surface area contributed by atoms with E-state index in [-0.39, 0.29) is 12.1 Å². The maximum Gasteiger partial charge on any atom is 0.134 e. The molecule has 0 aromatic carbocycles. The molecule has 8 heteroatoms. The third-order valence-corrected chi connectivity index (χ3v) is 5.88. The van der Waals surface area contributed by atoms with Crippen molar-refractivity contribution >= 4 is 11.6 Å². The number of anilines is 2. The van der Waals surface area contributed by atoms with Crippen LogP contribution in [0.2, 0.25) is 0 Å². The summed E-state index contributed by atoms with van der Waals surface area (Å²) in [4.78, 5) is 20.7. The fourth-order valence-corrected chi connectivity index (χ4v) is 4.04. The summed E-state index contributed by atoms with van der Waals surface area (Å²) in [5.41, 5.74) is 0. The second-order valence-corrected chi connectivity index (χ2v) is 7.69. The Labute approximate surface area is 160 Å². The Morgan fingerprint density at radius 3 is 2.89 bits per heavy atom. The van der Waals surface area contributed by atoms with Gasteiger partial charge < -0.3 is 25.2 Å². The van der Waals surface area contributed by atoms with Crippen LogP contribution < -0.4 is 15.1 Å². The highest BCUT2D eigenvalue weighted by Crippen LogP contribution is 2.35. The molecular weight excluding hydrogens is 342 g/mol. The van der Waals surface area contributed by atoms with Gasteiger partial charge in [-0.05, 0) is 26.2 Å². The molecule has 0 amide bonds. The number of aromatic nitrogens is 4. The Morgan fingerprint density at radius 2 is 2.15 bits per heavy atom. The number of aliphatic hydroxyl groups is 1. The van der Waals surface area contributed by atoms with Crippen LogP contribution >= 0.6 is 0 Å². The Morgan fingerprint density at radius 1 is 1.30 bits per heavy atom. The summed E-state index contributed by atoms with van der Waals surface area (Å²) in [6.07, 6.45) is 8.01. The minimum atomic E-state index is -0.309. The molecule has 8 nitrogen and oxygen atoms in total. The van der Waals surface area contributed by atoms with E-state index in [1.807, 2.05) is 25.5 Å². The summed E-state index contributed by atoms with van der Waals surface area (Å²) in [6.45, 7) is 4.47. The first-order valence-electron chi connectivity index (χ1n) is 9.84. The molecule has 1 saturated heterocycles. The standard InChI is InChI=1S/C19H29N7O/c1-3-25(2)17-9-18(24-12-23-17)26-11-16(27)8-15(26)10-22-14-6-13(7-14)19-20-4-5-21-19/h4-5,9,12-16,22,27H,3,6-8,10-11H2,1-2H3,(H,20,21)/t13?,14?,15-,16-/m1/s1. The van der Waals surface area contributed by atoms with Crippen molar-refractivity contribution in [3.05, 3.63) is 30.6 Å². The lowest BCUT2D eigenvalue weighted by Gasteiger charge is -2.36. The Bertz CT molecular complexity index is 731. The van der Waals surface area contributed by atoms with Crippen LogP contribution in [0.5, 0.6) is 0 Å². The molecule has 1 saturated carbocycles. The lowest BCUT2D eigenvalue weighted by Crippen LogP contribution is -2.46. The van der Waals surface area contributed by atoms with E-state index in [4.69, 9.17) is 0 Å². The van der Waals surface area contributed by atoms with Crippen molar-refractivity contribution in [2.24, 2.45) is 0 Å². The highest BCUT2D eigenvalue weighted by molar-refractivity contribution is 5.51. The third kappa shape index (κ3) is 3.91. The van der Waals surface area contributed by atoms with Crippen molar-refractivity contribution < 1.29 is 5.11 Å². The number of imidazole rings is 1. The molecule has 4 rings (SSSR count). The van der Waals surface area contributed by atoms with Gasteiger partial charge in [0, 0.05) is 63.1 Å². The molecule has 2 fully saturated rings.